The fourth-order valence-electron chi connectivity index (χ4n) is 1.09. The third kappa shape index (κ3) is 2.49. The second-order valence-corrected chi connectivity index (χ2v) is 3.74. The molecule has 13 heavy (non-hydrogen) atoms. The van der Waals surface area contributed by atoms with Gasteiger partial charge in [-0.2, -0.15) is 0 Å². The molecule has 0 radical (unpaired) electrons. The molecule has 1 atom stereocenters. The van der Waals surface area contributed by atoms with Crippen molar-refractivity contribution in [2.75, 3.05) is 0 Å². The Morgan fingerprint density at radius 3 is 2.46 bits per heavy atom. The van der Waals surface area contributed by atoms with Crippen molar-refractivity contribution in [3.8, 4) is 0 Å². The molecule has 0 heterocycles. The molecule has 72 valence electrons. The molecule has 0 aliphatic heterocycles. The molecule has 0 bridgehead atoms. The zero-order valence-corrected chi connectivity index (χ0v) is 7.72. The summed E-state index contributed by atoms with van der Waals surface area (Å²) in [5, 5.41) is 0. The molecule has 0 aliphatic rings. The van der Waals surface area contributed by atoms with E-state index >= 15 is 0 Å². The van der Waals surface area contributed by atoms with Gasteiger partial charge in [-0.15, -0.1) is 0 Å². The highest BCUT2D eigenvalue weighted by atomic mass is 19.1. The number of nitrogens with two attached hydrogens (primary N) is 1. The summed E-state index contributed by atoms with van der Waals surface area (Å²) in [5.41, 5.74) is 4.87. The molecule has 3 heteroatoms. The van der Waals surface area contributed by atoms with Crippen molar-refractivity contribution in [1.82, 2.24) is 0 Å². The molecule has 1 rings (SSSR count). The van der Waals surface area contributed by atoms with E-state index in [-0.39, 0.29) is 5.56 Å². The van der Waals surface area contributed by atoms with E-state index in [1.807, 2.05) is 0 Å². The minimum atomic E-state index is -1.34. The van der Waals surface area contributed by atoms with Gasteiger partial charge in [-0.3, -0.25) is 0 Å². The van der Waals surface area contributed by atoms with Crippen molar-refractivity contribution in [3.05, 3.63) is 35.6 Å². The Bertz CT molecular complexity index is 291. The average Bonchev–Trinajstić information content (AvgIpc) is 2.01. The van der Waals surface area contributed by atoms with Gasteiger partial charge in [-0.05, 0) is 31.5 Å². The molecular formula is C10H13F2N. The summed E-state index contributed by atoms with van der Waals surface area (Å²) in [7, 11) is 0. The van der Waals surface area contributed by atoms with Crippen LogP contribution in [0, 0.1) is 5.82 Å². The molecule has 0 fully saturated rings. The lowest BCUT2D eigenvalue weighted by Gasteiger charge is -2.23. The largest absolute Gasteiger partial charge is 0.323 e. The van der Waals surface area contributed by atoms with E-state index in [2.05, 4.69) is 0 Å². The summed E-state index contributed by atoms with van der Waals surface area (Å²) >= 11 is 0. The van der Waals surface area contributed by atoms with Crippen LogP contribution >= 0.6 is 0 Å². The molecule has 1 unspecified atom stereocenters. The molecule has 0 spiro atoms. The molecule has 0 amide bonds. The van der Waals surface area contributed by atoms with Crippen LogP contribution in [0.4, 0.5) is 8.78 Å². The van der Waals surface area contributed by atoms with Gasteiger partial charge >= 0.3 is 0 Å². The van der Waals surface area contributed by atoms with Crippen molar-refractivity contribution in [3.63, 3.8) is 0 Å². The zero-order chi connectivity index (χ0) is 10.1. The second-order valence-electron chi connectivity index (χ2n) is 3.74. The van der Waals surface area contributed by atoms with Crippen LogP contribution in [0.1, 0.15) is 25.6 Å². The number of hydrogen-bond donors (Lipinski definition) is 1. The standard InChI is InChI=1S/C10H13F2N/c1-10(2,13)9(12)7-4-3-5-8(11)6-7/h3-6,9H,13H2,1-2H3. The zero-order valence-electron chi connectivity index (χ0n) is 7.72. The van der Waals surface area contributed by atoms with E-state index in [4.69, 9.17) is 5.73 Å². The highest BCUT2D eigenvalue weighted by molar-refractivity contribution is 5.21. The first kappa shape index (κ1) is 10.1. The topological polar surface area (TPSA) is 26.0 Å². The Morgan fingerprint density at radius 2 is 2.00 bits per heavy atom. The highest BCUT2D eigenvalue weighted by Crippen LogP contribution is 2.27. The van der Waals surface area contributed by atoms with Crippen LogP contribution in [-0.2, 0) is 0 Å². The van der Waals surface area contributed by atoms with E-state index in [0.29, 0.717) is 0 Å². The van der Waals surface area contributed by atoms with Gasteiger partial charge < -0.3 is 5.73 Å². The Balaban J connectivity index is 2.96. The second kappa shape index (κ2) is 3.42. The maximum absolute atomic E-state index is 13.5. The Hall–Kier alpha value is -0.960. The molecule has 1 nitrogen and oxygen atoms in total. The quantitative estimate of drug-likeness (QED) is 0.752. The monoisotopic (exact) mass is 185 g/mol. The molecule has 0 saturated carbocycles. The van der Waals surface area contributed by atoms with Crippen LogP contribution in [0.25, 0.3) is 0 Å². The third-order valence-electron chi connectivity index (χ3n) is 1.79. The maximum atomic E-state index is 13.5. The lowest BCUT2D eigenvalue weighted by Crippen LogP contribution is -2.37. The number of halogens is 2. The Morgan fingerprint density at radius 1 is 1.38 bits per heavy atom. The Kier molecular flexibility index (Phi) is 2.66. The summed E-state index contributed by atoms with van der Waals surface area (Å²) in [4.78, 5) is 0. The van der Waals surface area contributed by atoms with E-state index in [1.54, 1.807) is 13.8 Å². The lowest BCUT2D eigenvalue weighted by atomic mass is 9.94. The molecule has 0 aliphatic carbocycles. The van der Waals surface area contributed by atoms with Crippen LogP contribution < -0.4 is 5.73 Å². The van der Waals surface area contributed by atoms with Crippen molar-refractivity contribution in [2.45, 2.75) is 25.6 Å². The van der Waals surface area contributed by atoms with Gasteiger partial charge in [0.1, 0.15) is 12.0 Å². The van der Waals surface area contributed by atoms with Crippen molar-refractivity contribution < 1.29 is 8.78 Å². The fourth-order valence-corrected chi connectivity index (χ4v) is 1.09. The number of alkyl halides is 1. The van der Waals surface area contributed by atoms with Crippen LogP contribution in [0.3, 0.4) is 0 Å². The first-order valence-corrected chi connectivity index (χ1v) is 4.09. The van der Waals surface area contributed by atoms with Crippen molar-refractivity contribution >= 4 is 0 Å². The van der Waals surface area contributed by atoms with Gasteiger partial charge in [0.15, 0.2) is 0 Å². The van der Waals surface area contributed by atoms with Gasteiger partial charge in [-0.25, -0.2) is 8.78 Å². The number of rotatable bonds is 2. The minimum Gasteiger partial charge on any atom is -0.323 e. The van der Waals surface area contributed by atoms with Crippen LogP contribution in [0.2, 0.25) is 0 Å². The molecule has 0 aromatic heterocycles. The normalized spacial score (nSPS) is 14.2. The third-order valence-corrected chi connectivity index (χ3v) is 1.79. The van der Waals surface area contributed by atoms with E-state index < -0.39 is 17.5 Å². The summed E-state index contributed by atoms with van der Waals surface area (Å²) in [6.45, 7) is 3.14. The van der Waals surface area contributed by atoms with Crippen molar-refractivity contribution in [2.24, 2.45) is 5.73 Å². The minimum absolute atomic E-state index is 0.285. The van der Waals surface area contributed by atoms with E-state index in [1.165, 1.54) is 24.3 Å². The van der Waals surface area contributed by atoms with E-state index in [0.717, 1.165) is 0 Å². The molecule has 1 aromatic rings. The van der Waals surface area contributed by atoms with Gasteiger partial charge in [0.25, 0.3) is 0 Å². The predicted octanol–water partition coefficient (Wildman–Crippen LogP) is 2.57. The molecule has 0 saturated heterocycles. The summed E-state index contributed by atoms with van der Waals surface area (Å²) in [6.07, 6.45) is -1.34. The predicted molar refractivity (Wildman–Crippen MR) is 48.5 cm³/mol. The highest BCUT2D eigenvalue weighted by Gasteiger charge is 2.26. The fraction of sp³-hybridized carbons (Fsp3) is 0.400. The smallest absolute Gasteiger partial charge is 0.143 e. The maximum Gasteiger partial charge on any atom is 0.143 e. The number of benzene rings is 1. The average molecular weight is 185 g/mol. The van der Waals surface area contributed by atoms with Crippen molar-refractivity contribution in [1.29, 1.82) is 0 Å². The first-order chi connectivity index (χ1) is 5.91. The lowest BCUT2D eigenvalue weighted by molar-refractivity contribution is 0.223. The van der Waals surface area contributed by atoms with E-state index in [9.17, 15) is 8.78 Å². The van der Waals surface area contributed by atoms with Crippen LogP contribution in [0.5, 0.6) is 0 Å². The van der Waals surface area contributed by atoms with Gasteiger partial charge in [0.05, 0.1) is 0 Å². The summed E-state index contributed by atoms with van der Waals surface area (Å²) < 4.78 is 26.2. The Labute approximate surface area is 76.6 Å². The number of hydrogen-bond acceptors (Lipinski definition) is 1. The van der Waals surface area contributed by atoms with Crippen LogP contribution in [0.15, 0.2) is 24.3 Å². The SMILES string of the molecule is CC(C)(N)C(F)c1cccc(F)c1. The summed E-state index contributed by atoms with van der Waals surface area (Å²) in [5.74, 6) is -0.440. The van der Waals surface area contributed by atoms with Gasteiger partial charge in [-0.1, -0.05) is 12.1 Å². The van der Waals surface area contributed by atoms with Gasteiger partial charge in [0.2, 0.25) is 0 Å². The van der Waals surface area contributed by atoms with Gasteiger partial charge in [0, 0.05) is 5.54 Å². The molecule has 1 aromatic carbocycles. The molecule has 2 N–H and O–H groups in total. The van der Waals surface area contributed by atoms with Crippen LogP contribution in [-0.4, -0.2) is 5.54 Å². The molecular weight excluding hydrogens is 172 g/mol. The summed E-state index contributed by atoms with van der Waals surface area (Å²) in [6, 6.07) is 5.45. The first-order valence-electron chi connectivity index (χ1n) is 4.09.